The summed E-state index contributed by atoms with van der Waals surface area (Å²) in [5, 5.41) is 5.64. The van der Waals surface area contributed by atoms with Crippen molar-refractivity contribution in [3.63, 3.8) is 0 Å². The van der Waals surface area contributed by atoms with Gasteiger partial charge in [-0.15, -0.1) is 0 Å². The first kappa shape index (κ1) is 24.4. The topological polar surface area (TPSA) is 112 Å². The first-order valence-electron chi connectivity index (χ1n) is 10.4. The van der Waals surface area contributed by atoms with Crippen molar-refractivity contribution in [2.45, 2.75) is 12.8 Å². The Bertz CT molecular complexity index is 683. The molecule has 0 aliphatic heterocycles. The van der Waals surface area contributed by atoms with Crippen LogP contribution in [0.25, 0.3) is 0 Å². The van der Waals surface area contributed by atoms with Crippen molar-refractivity contribution in [1.29, 1.82) is 0 Å². The monoisotopic (exact) mass is 430 g/mol. The maximum atomic E-state index is 11.8. The molecule has 2 rings (SSSR count). The van der Waals surface area contributed by atoms with E-state index in [1.165, 1.54) is 12.4 Å². The van der Waals surface area contributed by atoms with Gasteiger partial charge in [0.2, 0.25) is 0 Å². The summed E-state index contributed by atoms with van der Waals surface area (Å²) in [6.07, 6.45) is 7.79. The highest BCUT2D eigenvalue weighted by Crippen LogP contribution is 1.96. The van der Waals surface area contributed by atoms with Gasteiger partial charge in [0, 0.05) is 51.1 Å². The first-order valence-corrected chi connectivity index (χ1v) is 10.4. The van der Waals surface area contributed by atoms with Crippen molar-refractivity contribution in [1.82, 2.24) is 20.6 Å². The highest BCUT2D eigenvalue weighted by atomic mass is 16.5. The smallest absolute Gasteiger partial charge is 0.252 e. The van der Waals surface area contributed by atoms with E-state index in [2.05, 4.69) is 20.6 Å². The predicted octanol–water partition coefficient (Wildman–Crippen LogP) is 1.47. The van der Waals surface area contributed by atoms with E-state index < -0.39 is 0 Å². The molecule has 2 N–H and O–H groups in total. The number of amides is 2. The molecule has 0 radical (unpaired) electrons. The van der Waals surface area contributed by atoms with Gasteiger partial charge < -0.3 is 24.8 Å². The summed E-state index contributed by atoms with van der Waals surface area (Å²) < 4.78 is 16.4. The van der Waals surface area contributed by atoms with Crippen molar-refractivity contribution in [3.05, 3.63) is 60.2 Å². The van der Waals surface area contributed by atoms with Crippen LogP contribution in [0.15, 0.2) is 49.1 Å². The molecule has 9 nitrogen and oxygen atoms in total. The molecule has 31 heavy (non-hydrogen) atoms. The predicted molar refractivity (Wildman–Crippen MR) is 115 cm³/mol. The van der Waals surface area contributed by atoms with E-state index in [0.717, 1.165) is 12.8 Å². The molecule has 2 aromatic rings. The van der Waals surface area contributed by atoms with Crippen molar-refractivity contribution in [2.75, 3.05) is 52.7 Å². The van der Waals surface area contributed by atoms with Crippen molar-refractivity contribution in [2.24, 2.45) is 0 Å². The van der Waals surface area contributed by atoms with Crippen molar-refractivity contribution < 1.29 is 23.8 Å². The van der Waals surface area contributed by atoms with E-state index in [-0.39, 0.29) is 11.8 Å². The van der Waals surface area contributed by atoms with Crippen molar-refractivity contribution >= 4 is 11.8 Å². The van der Waals surface area contributed by atoms with E-state index in [4.69, 9.17) is 14.2 Å². The average Bonchev–Trinajstić information content (AvgIpc) is 2.82. The largest absolute Gasteiger partial charge is 0.379 e. The lowest BCUT2D eigenvalue weighted by atomic mass is 10.2. The normalized spacial score (nSPS) is 10.6. The zero-order chi connectivity index (χ0) is 22.0. The molecule has 0 bridgehead atoms. The van der Waals surface area contributed by atoms with Crippen LogP contribution in [0.1, 0.15) is 33.6 Å². The molecule has 2 amide bonds. The molecule has 168 valence electrons. The molecule has 0 atom stereocenters. The Morgan fingerprint density at radius 1 is 0.677 bits per heavy atom. The fourth-order valence-corrected chi connectivity index (χ4v) is 2.49. The molecular formula is C22H30N4O5. The van der Waals surface area contributed by atoms with Gasteiger partial charge in [0.15, 0.2) is 0 Å². The molecule has 2 aromatic heterocycles. The Morgan fingerprint density at radius 2 is 1.10 bits per heavy atom. The van der Waals surface area contributed by atoms with E-state index in [1.54, 1.807) is 36.7 Å². The third-order valence-corrected chi connectivity index (χ3v) is 4.09. The molecule has 0 fully saturated rings. The van der Waals surface area contributed by atoms with Crippen LogP contribution in [0, 0.1) is 0 Å². The Labute approximate surface area is 182 Å². The summed E-state index contributed by atoms with van der Waals surface area (Å²) in [6, 6.07) is 6.91. The molecule has 0 aliphatic rings. The van der Waals surface area contributed by atoms with Gasteiger partial charge in [0.25, 0.3) is 11.8 Å². The fraction of sp³-hybridized carbons (Fsp3) is 0.455. The number of nitrogens with zero attached hydrogens (tertiary/aromatic N) is 2. The number of nitrogens with one attached hydrogen (secondary N) is 2. The molecule has 0 saturated carbocycles. The van der Waals surface area contributed by atoms with Gasteiger partial charge in [-0.25, -0.2) is 0 Å². The molecule has 0 aromatic carbocycles. The SMILES string of the molecule is O=C(NCCCOCCOCCOCCCNC(=O)c1cccnc1)c1cccnc1. The second-order valence-electron chi connectivity index (χ2n) is 6.54. The van der Waals surface area contributed by atoms with Crippen LogP contribution in [0.5, 0.6) is 0 Å². The summed E-state index contributed by atoms with van der Waals surface area (Å²) in [4.78, 5) is 31.4. The molecule has 0 aliphatic carbocycles. The minimum atomic E-state index is -0.132. The van der Waals surface area contributed by atoms with E-state index in [9.17, 15) is 9.59 Å². The van der Waals surface area contributed by atoms with Crippen LogP contribution in [0.3, 0.4) is 0 Å². The Balaban J connectivity index is 1.30. The highest BCUT2D eigenvalue weighted by molar-refractivity contribution is 5.94. The number of pyridine rings is 2. The summed E-state index contributed by atoms with van der Waals surface area (Å²) >= 11 is 0. The molecule has 0 saturated heterocycles. The van der Waals surface area contributed by atoms with Gasteiger partial charge in [-0.05, 0) is 37.1 Å². The Morgan fingerprint density at radius 3 is 1.48 bits per heavy atom. The van der Waals surface area contributed by atoms with E-state index in [1.807, 2.05) is 0 Å². The standard InChI is InChI=1S/C22H30N4O5/c27-21(19-5-1-7-23-17-19)25-9-3-11-29-13-15-31-16-14-30-12-4-10-26-22(28)20-6-2-8-24-18-20/h1-2,5-8,17-18H,3-4,9-16H2,(H,25,27)(H,26,28). The Hall–Kier alpha value is -2.88. The van der Waals surface area contributed by atoms with Gasteiger partial charge in [-0.1, -0.05) is 0 Å². The summed E-state index contributed by atoms with van der Waals surface area (Å²) in [5.74, 6) is -0.264. The number of ether oxygens (including phenoxy) is 3. The van der Waals surface area contributed by atoms with Gasteiger partial charge in [0.1, 0.15) is 0 Å². The lowest BCUT2D eigenvalue weighted by molar-refractivity contribution is 0.0139. The molecule has 9 heteroatoms. The minimum Gasteiger partial charge on any atom is -0.379 e. The molecule has 0 unspecified atom stereocenters. The number of rotatable bonds is 16. The van der Waals surface area contributed by atoms with Gasteiger partial charge in [-0.2, -0.15) is 0 Å². The number of aromatic nitrogens is 2. The number of hydrogen-bond donors (Lipinski definition) is 2. The lowest BCUT2D eigenvalue weighted by Crippen LogP contribution is -2.25. The van der Waals surface area contributed by atoms with Crippen LogP contribution in [-0.4, -0.2) is 74.5 Å². The van der Waals surface area contributed by atoms with Crippen LogP contribution < -0.4 is 10.6 Å². The van der Waals surface area contributed by atoms with Gasteiger partial charge >= 0.3 is 0 Å². The zero-order valence-corrected chi connectivity index (χ0v) is 17.6. The van der Waals surface area contributed by atoms with Crippen LogP contribution in [-0.2, 0) is 14.2 Å². The fourth-order valence-electron chi connectivity index (χ4n) is 2.49. The van der Waals surface area contributed by atoms with Gasteiger partial charge in [-0.3, -0.25) is 19.6 Å². The number of carbonyl (C=O) groups excluding carboxylic acids is 2. The molecular weight excluding hydrogens is 400 g/mol. The average molecular weight is 431 g/mol. The second-order valence-corrected chi connectivity index (χ2v) is 6.54. The maximum absolute atomic E-state index is 11.8. The molecule has 2 heterocycles. The quantitative estimate of drug-likeness (QED) is 0.388. The van der Waals surface area contributed by atoms with Crippen molar-refractivity contribution in [3.8, 4) is 0 Å². The van der Waals surface area contributed by atoms with Gasteiger partial charge in [0.05, 0.1) is 37.6 Å². The number of hydrogen-bond acceptors (Lipinski definition) is 7. The summed E-state index contributed by atoms with van der Waals surface area (Å²) in [7, 11) is 0. The Kier molecular flexibility index (Phi) is 12.5. The third kappa shape index (κ3) is 11.2. The van der Waals surface area contributed by atoms with Crippen LogP contribution >= 0.6 is 0 Å². The maximum Gasteiger partial charge on any atom is 0.252 e. The first-order chi connectivity index (χ1) is 15.3. The summed E-state index contributed by atoms with van der Waals surface area (Å²) in [5.41, 5.74) is 1.10. The highest BCUT2D eigenvalue weighted by Gasteiger charge is 2.04. The summed E-state index contributed by atoms with van der Waals surface area (Å²) in [6.45, 7) is 4.18. The van der Waals surface area contributed by atoms with E-state index >= 15 is 0 Å². The zero-order valence-electron chi connectivity index (χ0n) is 17.6. The second kappa shape index (κ2) is 15.9. The lowest BCUT2D eigenvalue weighted by Gasteiger charge is -2.08. The minimum absolute atomic E-state index is 0.132. The van der Waals surface area contributed by atoms with E-state index in [0.29, 0.717) is 63.9 Å². The molecule has 0 spiro atoms. The van der Waals surface area contributed by atoms with Crippen LogP contribution in [0.2, 0.25) is 0 Å². The third-order valence-electron chi connectivity index (χ3n) is 4.09. The number of carbonyl (C=O) groups is 2. The van der Waals surface area contributed by atoms with Crippen LogP contribution in [0.4, 0.5) is 0 Å².